The van der Waals surface area contributed by atoms with E-state index in [9.17, 15) is 14.4 Å². The highest BCUT2D eigenvalue weighted by molar-refractivity contribution is 5.88. The fraction of sp³-hybridized carbons (Fsp3) is 0.727. The highest BCUT2D eigenvalue weighted by Gasteiger charge is 2.25. The molecular weight excluding hydrogens is 240 g/mol. The average molecular weight is 258 g/mol. The minimum Gasteiger partial charge on any atom is -0.480 e. The number of hydrogen-bond donors (Lipinski definition) is 2. The Balaban J connectivity index is 2.40. The smallest absolute Gasteiger partial charge is 0.326 e. The molecule has 0 spiro atoms. The Hall–Kier alpha value is -1.63. The summed E-state index contributed by atoms with van der Waals surface area (Å²) in [7, 11) is 1.46. The molecule has 1 unspecified atom stereocenters. The summed E-state index contributed by atoms with van der Waals surface area (Å²) >= 11 is 0. The summed E-state index contributed by atoms with van der Waals surface area (Å²) < 4.78 is 4.78. The van der Waals surface area contributed by atoms with E-state index in [0.29, 0.717) is 13.0 Å². The summed E-state index contributed by atoms with van der Waals surface area (Å²) in [5, 5.41) is 11.3. The van der Waals surface area contributed by atoms with Crippen molar-refractivity contribution in [2.75, 3.05) is 26.8 Å². The van der Waals surface area contributed by atoms with E-state index in [2.05, 4.69) is 5.32 Å². The Morgan fingerprint density at radius 3 is 2.78 bits per heavy atom. The van der Waals surface area contributed by atoms with E-state index in [1.165, 1.54) is 12.0 Å². The standard InChI is InChI=1S/C11H18N2O5/c1-18-6-4-8(11(16)17)12-9(14)7-13-5-2-3-10(13)15/h8H,2-7H2,1H3,(H,12,14)(H,16,17). The van der Waals surface area contributed by atoms with Gasteiger partial charge in [-0.1, -0.05) is 0 Å². The van der Waals surface area contributed by atoms with Gasteiger partial charge in [0.25, 0.3) is 0 Å². The molecule has 0 aromatic heterocycles. The molecule has 0 aromatic carbocycles. The van der Waals surface area contributed by atoms with E-state index in [0.717, 1.165) is 6.42 Å². The van der Waals surface area contributed by atoms with Crippen LogP contribution in [-0.4, -0.2) is 60.6 Å². The zero-order chi connectivity index (χ0) is 13.5. The van der Waals surface area contributed by atoms with Crippen molar-refractivity contribution in [3.63, 3.8) is 0 Å². The van der Waals surface area contributed by atoms with Crippen LogP contribution in [0.4, 0.5) is 0 Å². The van der Waals surface area contributed by atoms with Crippen LogP contribution >= 0.6 is 0 Å². The highest BCUT2D eigenvalue weighted by Crippen LogP contribution is 2.08. The molecule has 2 amide bonds. The second kappa shape index (κ2) is 6.95. The molecule has 0 bridgehead atoms. The lowest BCUT2D eigenvalue weighted by Crippen LogP contribution is -2.46. The lowest BCUT2D eigenvalue weighted by atomic mass is 10.2. The van der Waals surface area contributed by atoms with Crippen LogP contribution in [0, 0.1) is 0 Å². The summed E-state index contributed by atoms with van der Waals surface area (Å²) in [5.41, 5.74) is 0. The van der Waals surface area contributed by atoms with Crippen LogP contribution in [0.1, 0.15) is 19.3 Å². The highest BCUT2D eigenvalue weighted by atomic mass is 16.5. The van der Waals surface area contributed by atoms with E-state index < -0.39 is 17.9 Å². The lowest BCUT2D eigenvalue weighted by molar-refractivity contribution is -0.142. The predicted molar refractivity (Wildman–Crippen MR) is 61.9 cm³/mol. The quantitative estimate of drug-likeness (QED) is 0.624. The van der Waals surface area contributed by atoms with Gasteiger partial charge in [-0.2, -0.15) is 0 Å². The summed E-state index contributed by atoms with van der Waals surface area (Å²) in [5.74, 6) is -1.61. The number of nitrogens with zero attached hydrogens (tertiary/aromatic N) is 1. The van der Waals surface area contributed by atoms with E-state index in [4.69, 9.17) is 9.84 Å². The Labute approximate surface area is 105 Å². The topological polar surface area (TPSA) is 95.9 Å². The normalized spacial score (nSPS) is 16.7. The van der Waals surface area contributed by atoms with E-state index in [1.54, 1.807) is 0 Å². The summed E-state index contributed by atoms with van der Waals surface area (Å²) in [6, 6.07) is -0.977. The Morgan fingerprint density at radius 2 is 2.28 bits per heavy atom. The number of ether oxygens (including phenoxy) is 1. The number of carbonyl (C=O) groups excluding carboxylic acids is 2. The minimum absolute atomic E-state index is 0.0612. The molecule has 7 nitrogen and oxygen atoms in total. The molecule has 1 heterocycles. The maximum absolute atomic E-state index is 11.6. The van der Waals surface area contributed by atoms with Gasteiger partial charge < -0.3 is 20.1 Å². The van der Waals surface area contributed by atoms with Gasteiger partial charge in [0.15, 0.2) is 0 Å². The molecule has 1 fully saturated rings. The first kappa shape index (κ1) is 14.4. The van der Waals surface area contributed by atoms with Crippen LogP contribution in [0.25, 0.3) is 0 Å². The largest absolute Gasteiger partial charge is 0.480 e. The van der Waals surface area contributed by atoms with E-state index in [1.807, 2.05) is 0 Å². The van der Waals surface area contributed by atoms with Crippen LogP contribution < -0.4 is 5.32 Å². The third-order valence-electron chi connectivity index (χ3n) is 2.75. The number of carboxylic acid groups (broad SMARTS) is 1. The van der Waals surface area contributed by atoms with Crippen molar-refractivity contribution in [2.45, 2.75) is 25.3 Å². The Bertz CT molecular complexity index is 331. The number of rotatable bonds is 7. The fourth-order valence-corrected chi connectivity index (χ4v) is 1.78. The maximum Gasteiger partial charge on any atom is 0.326 e. The van der Waals surface area contributed by atoms with Crippen molar-refractivity contribution >= 4 is 17.8 Å². The monoisotopic (exact) mass is 258 g/mol. The number of amides is 2. The summed E-state index contributed by atoms with van der Waals surface area (Å²) in [4.78, 5) is 35.3. The molecule has 0 radical (unpaired) electrons. The number of hydrogen-bond acceptors (Lipinski definition) is 4. The van der Waals surface area contributed by atoms with Gasteiger partial charge >= 0.3 is 5.97 Å². The first-order valence-electron chi connectivity index (χ1n) is 5.83. The molecule has 0 aromatic rings. The lowest BCUT2D eigenvalue weighted by Gasteiger charge is -2.18. The average Bonchev–Trinajstić information content (AvgIpc) is 2.70. The molecule has 18 heavy (non-hydrogen) atoms. The van der Waals surface area contributed by atoms with Crippen molar-refractivity contribution in [1.82, 2.24) is 10.2 Å². The molecule has 0 aliphatic carbocycles. The second-order valence-electron chi connectivity index (χ2n) is 4.16. The van der Waals surface area contributed by atoms with Crippen LogP contribution in [0.5, 0.6) is 0 Å². The van der Waals surface area contributed by atoms with Gasteiger partial charge in [-0.3, -0.25) is 9.59 Å². The van der Waals surface area contributed by atoms with Gasteiger partial charge in [0, 0.05) is 33.1 Å². The number of aliphatic carboxylic acids is 1. The molecule has 1 aliphatic heterocycles. The number of methoxy groups -OCH3 is 1. The predicted octanol–water partition coefficient (Wildman–Crippen LogP) is -0.785. The number of carbonyl (C=O) groups is 3. The zero-order valence-corrected chi connectivity index (χ0v) is 10.3. The number of carboxylic acids is 1. The third-order valence-corrected chi connectivity index (χ3v) is 2.75. The van der Waals surface area contributed by atoms with Gasteiger partial charge in [0.1, 0.15) is 6.04 Å². The van der Waals surface area contributed by atoms with Crippen LogP contribution in [-0.2, 0) is 19.1 Å². The summed E-state index contributed by atoms with van der Waals surface area (Å²) in [6.45, 7) is 0.734. The van der Waals surface area contributed by atoms with E-state index >= 15 is 0 Å². The fourth-order valence-electron chi connectivity index (χ4n) is 1.78. The zero-order valence-electron chi connectivity index (χ0n) is 10.3. The Kier molecular flexibility index (Phi) is 5.57. The van der Waals surface area contributed by atoms with Crippen molar-refractivity contribution in [2.24, 2.45) is 0 Å². The molecule has 1 atom stereocenters. The van der Waals surface area contributed by atoms with Gasteiger partial charge in [-0.15, -0.1) is 0 Å². The SMILES string of the molecule is COCCC(NC(=O)CN1CCCC1=O)C(=O)O. The molecule has 7 heteroatoms. The van der Waals surface area contributed by atoms with Crippen LogP contribution in [0.3, 0.4) is 0 Å². The summed E-state index contributed by atoms with van der Waals surface area (Å²) in [6.07, 6.45) is 1.41. The Morgan fingerprint density at radius 1 is 1.56 bits per heavy atom. The molecule has 2 N–H and O–H groups in total. The maximum atomic E-state index is 11.6. The van der Waals surface area contributed by atoms with Crippen molar-refractivity contribution < 1.29 is 24.2 Å². The number of likely N-dealkylation sites (tertiary alicyclic amines) is 1. The van der Waals surface area contributed by atoms with Gasteiger partial charge in [-0.25, -0.2) is 4.79 Å². The van der Waals surface area contributed by atoms with Crippen molar-refractivity contribution in [3.05, 3.63) is 0 Å². The van der Waals surface area contributed by atoms with Gasteiger partial charge in [0.05, 0.1) is 6.54 Å². The van der Waals surface area contributed by atoms with Gasteiger partial charge in [0.2, 0.25) is 11.8 Å². The molecule has 1 rings (SSSR count). The first-order chi connectivity index (χ1) is 8.54. The van der Waals surface area contributed by atoms with Gasteiger partial charge in [-0.05, 0) is 6.42 Å². The molecule has 0 saturated carbocycles. The second-order valence-corrected chi connectivity index (χ2v) is 4.16. The first-order valence-corrected chi connectivity index (χ1v) is 5.83. The minimum atomic E-state index is -1.10. The van der Waals surface area contributed by atoms with Crippen molar-refractivity contribution in [1.29, 1.82) is 0 Å². The molecule has 1 saturated heterocycles. The molecular formula is C11H18N2O5. The third kappa shape index (κ3) is 4.33. The van der Waals surface area contributed by atoms with Crippen LogP contribution in [0.15, 0.2) is 0 Å². The van der Waals surface area contributed by atoms with Crippen molar-refractivity contribution in [3.8, 4) is 0 Å². The number of nitrogens with one attached hydrogen (secondary N) is 1. The van der Waals surface area contributed by atoms with Crippen LogP contribution in [0.2, 0.25) is 0 Å². The molecule has 102 valence electrons. The van der Waals surface area contributed by atoms with E-state index in [-0.39, 0.29) is 25.5 Å². The molecule has 1 aliphatic rings.